The summed E-state index contributed by atoms with van der Waals surface area (Å²) < 4.78 is -1.04. The Morgan fingerprint density at radius 3 is 1.40 bits per heavy atom. The van der Waals surface area contributed by atoms with E-state index in [1.165, 1.54) is 0 Å². The molecule has 0 saturated heterocycles. The Balaban J connectivity index is 4.57. The average molecular weight is 704 g/mol. The van der Waals surface area contributed by atoms with Gasteiger partial charge in [-0.2, -0.15) is 0 Å². The van der Waals surface area contributed by atoms with Crippen molar-refractivity contribution in [1.29, 1.82) is 0 Å². The van der Waals surface area contributed by atoms with Crippen LogP contribution in [0.1, 0.15) is 0 Å². The summed E-state index contributed by atoms with van der Waals surface area (Å²) in [4.78, 5) is 10.6. The van der Waals surface area contributed by atoms with Crippen LogP contribution in [0.15, 0.2) is 0 Å². The second-order valence-electron chi connectivity index (χ2n) is 1.38. The van der Waals surface area contributed by atoms with Gasteiger partial charge in [0.2, 0.25) is 1.43 Å². The largest absolute Gasteiger partial charge is 0.480 e. The normalized spacial score (nSPS) is 13.3. The molecule has 1 N–H and O–H groups in total. The fourth-order valence-electron chi connectivity index (χ4n) is 0.121. The summed E-state index contributed by atoms with van der Waals surface area (Å²) in [5.74, 6) is -0.785. The molecule has 0 aliphatic carbocycles. The molecule has 0 unspecified atom stereocenters. The van der Waals surface area contributed by atoms with Crippen molar-refractivity contribution in [3.63, 3.8) is 0 Å². The topological polar surface area (TPSA) is 37.3 Å². The highest BCUT2D eigenvalue weighted by atomic mass is 127. The van der Waals surface area contributed by atoms with Gasteiger partial charge in [-0.1, -0.05) is 113 Å². The first-order chi connectivity index (χ1) is 4.19. The Labute approximate surface area is 127 Å². The zero-order valence-corrected chi connectivity index (χ0v) is 15.0. The van der Waals surface area contributed by atoms with Crippen molar-refractivity contribution >= 4 is 119 Å². The lowest BCUT2D eigenvalue weighted by Crippen LogP contribution is -2.36. The second-order valence-corrected chi connectivity index (χ2v) is 17.7. The first-order valence-corrected chi connectivity index (χ1v) is 7.27. The van der Waals surface area contributed by atoms with Gasteiger partial charge in [0.25, 0.3) is 0 Å². The van der Waals surface area contributed by atoms with Crippen LogP contribution in [-0.2, 0) is 4.79 Å². The number of aliphatic carboxylic acids is 1. The summed E-state index contributed by atoms with van der Waals surface area (Å²) in [5, 5.41) is 8.75. The zero-order chi connectivity index (χ0) is 8.58. The van der Waals surface area contributed by atoms with Gasteiger partial charge in [0.1, 0.15) is 0 Å². The van der Waals surface area contributed by atoms with E-state index in [0.29, 0.717) is 0 Å². The number of alkyl halides is 5. The van der Waals surface area contributed by atoms with Crippen LogP contribution >= 0.6 is 113 Å². The van der Waals surface area contributed by atoms with Crippen LogP contribution in [0.3, 0.4) is 0 Å². The molecule has 0 aliphatic heterocycles. The molecule has 60 valence electrons. The molecular weight excluding hydrogens is 703 g/mol. The van der Waals surface area contributed by atoms with Gasteiger partial charge in [0.05, 0.1) is 0 Å². The first-order valence-electron chi connectivity index (χ1n) is 1.87. The average Bonchev–Trinajstić information content (AvgIpc) is 1.62. The predicted octanol–water partition coefficient (Wildman–Crippen LogP) is 3.60. The van der Waals surface area contributed by atoms with Crippen molar-refractivity contribution in [2.24, 2.45) is 0 Å². The van der Waals surface area contributed by atoms with Gasteiger partial charge in [-0.3, -0.25) is 0 Å². The van der Waals surface area contributed by atoms with Gasteiger partial charge in [-0.15, -0.1) is 0 Å². The summed E-state index contributed by atoms with van der Waals surface area (Å²) in [7, 11) is 0. The molecule has 0 amide bonds. The smallest absolute Gasteiger partial charge is 0.332 e. The standard InChI is InChI=1S/C3HI5O2/c4-2(5,1(9)10)3(6,7)8/h(H,9,10). The van der Waals surface area contributed by atoms with Gasteiger partial charge in [0, 0.05) is 0 Å². The molecule has 0 aliphatic rings. The van der Waals surface area contributed by atoms with E-state index in [1.54, 1.807) is 0 Å². The molecule has 0 aromatic rings. The van der Waals surface area contributed by atoms with Crippen molar-refractivity contribution < 1.29 is 9.90 Å². The maximum atomic E-state index is 10.6. The molecule has 0 saturated carbocycles. The van der Waals surface area contributed by atoms with Gasteiger partial charge >= 0.3 is 5.97 Å². The predicted molar refractivity (Wildman–Crippen MR) is 83.2 cm³/mol. The van der Waals surface area contributed by atoms with E-state index in [1.807, 2.05) is 45.2 Å². The number of hydrogen-bond donors (Lipinski definition) is 1. The van der Waals surface area contributed by atoms with E-state index < -0.39 is 7.40 Å². The van der Waals surface area contributed by atoms with Gasteiger partial charge in [-0.25, -0.2) is 4.79 Å². The van der Waals surface area contributed by atoms with E-state index in [9.17, 15) is 4.79 Å². The molecular formula is C3HI5O2. The lowest BCUT2D eigenvalue weighted by Gasteiger charge is -2.24. The number of carboxylic acids is 1. The van der Waals surface area contributed by atoms with Gasteiger partial charge in [-0.05, 0) is 0 Å². The molecule has 0 rings (SSSR count). The highest BCUT2D eigenvalue weighted by Crippen LogP contribution is 2.54. The van der Waals surface area contributed by atoms with Crippen LogP contribution in [0.25, 0.3) is 0 Å². The summed E-state index contributed by atoms with van der Waals surface area (Å²) in [6, 6.07) is 0. The van der Waals surface area contributed by atoms with Crippen molar-refractivity contribution in [2.75, 3.05) is 0 Å². The van der Waals surface area contributed by atoms with Crippen LogP contribution in [0, 0.1) is 0 Å². The minimum absolute atomic E-state index is 0.298. The van der Waals surface area contributed by atoms with Gasteiger partial charge in [0.15, 0.2) is -0.565 Å². The highest BCUT2D eigenvalue weighted by molar-refractivity contribution is 14.3. The van der Waals surface area contributed by atoms with E-state index in [-0.39, 0.29) is -0.565 Å². The molecule has 0 atom stereocenters. The van der Waals surface area contributed by atoms with E-state index in [4.69, 9.17) is 5.11 Å². The third-order valence-corrected chi connectivity index (χ3v) is 11.8. The third-order valence-electron chi connectivity index (χ3n) is 0.625. The lowest BCUT2D eigenvalue weighted by molar-refractivity contribution is -0.136. The molecule has 0 heterocycles. The third kappa shape index (κ3) is 3.47. The Morgan fingerprint density at radius 1 is 1.10 bits per heavy atom. The van der Waals surface area contributed by atoms with Crippen LogP contribution in [0.5, 0.6) is 0 Å². The molecule has 0 aromatic heterocycles. The van der Waals surface area contributed by atoms with E-state index in [2.05, 4.69) is 67.8 Å². The lowest BCUT2D eigenvalue weighted by atomic mass is 10.5. The Morgan fingerprint density at radius 2 is 1.40 bits per heavy atom. The van der Waals surface area contributed by atoms with Crippen molar-refractivity contribution in [3.8, 4) is 0 Å². The second kappa shape index (κ2) is 4.56. The molecule has 2 nitrogen and oxygen atoms in total. The maximum absolute atomic E-state index is 10.6. The highest BCUT2D eigenvalue weighted by Gasteiger charge is 2.49. The quantitative estimate of drug-likeness (QED) is 0.353. The SMILES string of the molecule is O=C(O)C(I)(I)C(I)(I)I. The zero-order valence-electron chi connectivity index (χ0n) is 4.25. The molecule has 0 aromatic carbocycles. The fraction of sp³-hybridized carbons (Fsp3) is 0.667. The molecule has 10 heavy (non-hydrogen) atoms. The van der Waals surface area contributed by atoms with E-state index in [0.717, 1.165) is 0 Å². The van der Waals surface area contributed by atoms with Crippen LogP contribution in [0.4, 0.5) is 0 Å². The molecule has 0 bridgehead atoms. The summed E-state index contributed by atoms with van der Waals surface area (Å²) in [6.07, 6.45) is 0. The Bertz CT molecular complexity index is 147. The number of rotatable bonds is 2. The van der Waals surface area contributed by atoms with Crippen molar-refractivity contribution in [2.45, 2.75) is 0.864 Å². The number of carbonyl (C=O) groups is 1. The summed E-state index contributed by atoms with van der Waals surface area (Å²) in [6.45, 7) is 0. The monoisotopic (exact) mass is 704 g/mol. The van der Waals surface area contributed by atoms with Crippen LogP contribution in [0.2, 0.25) is 0 Å². The number of carboxylic acid groups (broad SMARTS) is 1. The molecule has 0 fully saturated rings. The van der Waals surface area contributed by atoms with Crippen LogP contribution < -0.4 is 0 Å². The Hall–Kier alpha value is 3.12. The molecule has 0 radical (unpaired) electrons. The van der Waals surface area contributed by atoms with Gasteiger partial charge < -0.3 is 5.11 Å². The first kappa shape index (κ1) is 13.1. The molecule has 0 spiro atoms. The summed E-state index contributed by atoms with van der Waals surface area (Å²) in [5.41, 5.74) is 0. The minimum atomic E-state index is -0.785. The van der Waals surface area contributed by atoms with Crippen molar-refractivity contribution in [1.82, 2.24) is 0 Å². The van der Waals surface area contributed by atoms with E-state index >= 15 is 0 Å². The van der Waals surface area contributed by atoms with Crippen molar-refractivity contribution in [3.05, 3.63) is 0 Å². The maximum Gasteiger partial charge on any atom is 0.332 e. The number of hydrogen-bond acceptors (Lipinski definition) is 1. The Kier molecular flexibility index (Phi) is 5.99. The molecule has 7 heteroatoms. The number of halogens is 5. The summed E-state index contributed by atoms with van der Waals surface area (Å²) >= 11 is 10.2. The minimum Gasteiger partial charge on any atom is -0.480 e. The fourth-order valence-corrected chi connectivity index (χ4v) is 0.813. The van der Waals surface area contributed by atoms with Crippen LogP contribution in [-0.4, -0.2) is 11.9 Å².